The fraction of sp³-hybridized carbons (Fsp3) is 0.500. The van der Waals surface area contributed by atoms with Crippen molar-refractivity contribution in [3.8, 4) is 0 Å². The van der Waals surface area contributed by atoms with Gasteiger partial charge in [-0.05, 0) is 38.3 Å². The molecule has 2 aromatic rings. The van der Waals surface area contributed by atoms with E-state index < -0.39 is 0 Å². The Bertz CT molecular complexity index is 801. The number of anilines is 3. The maximum atomic E-state index is 5.98. The average molecular weight is 425 g/mol. The summed E-state index contributed by atoms with van der Waals surface area (Å²) in [5.74, 6) is 1.76. The molecule has 0 bridgehead atoms. The molecule has 1 saturated carbocycles. The molecule has 0 atom stereocenters. The van der Waals surface area contributed by atoms with Gasteiger partial charge in [0.05, 0.1) is 5.69 Å². The Morgan fingerprint density at radius 3 is 2.18 bits per heavy atom. The van der Waals surface area contributed by atoms with Crippen molar-refractivity contribution in [2.75, 3.05) is 41.7 Å². The lowest BCUT2D eigenvalue weighted by Gasteiger charge is -2.38. The molecule has 1 aromatic heterocycles. The van der Waals surface area contributed by atoms with Gasteiger partial charge >= 0.3 is 0 Å². The van der Waals surface area contributed by atoms with E-state index in [0.29, 0.717) is 17.9 Å². The Balaban J connectivity index is 0.00000140. The minimum Gasteiger partial charge on any atom is -0.368 e. The maximum Gasteiger partial charge on any atom is 0.222 e. The highest BCUT2D eigenvalue weighted by atomic mass is 35.5. The molecule has 28 heavy (non-hydrogen) atoms. The third-order valence-corrected chi connectivity index (χ3v) is 5.64. The lowest BCUT2D eigenvalue weighted by Crippen LogP contribution is -2.47. The van der Waals surface area contributed by atoms with Gasteiger partial charge in [-0.2, -0.15) is 4.98 Å². The highest BCUT2D eigenvalue weighted by Crippen LogP contribution is 2.36. The normalized spacial score (nSPS) is 21.4. The summed E-state index contributed by atoms with van der Waals surface area (Å²) < 4.78 is 0. The molecule has 2 aliphatic rings. The number of hydrogen-bond acceptors (Lipinski definition) is 6. The van der Waals surface area contributed by atoms with E-state index in [1.807, 2.05) is 0 Å². The van der Waals surface area contributed by atoms with Gasteiger partial charge in [-0.1, -0.05) is 17.7 Å². The average Bonchev–Trinajstić information content (AvgIpc) is 2.59. The summed E-state index contributed by atoms with van der Waals surface area (Å²) in [4.78, 5) is 13.7. The molecule has 2 fully saturated rings. The quantitative estimate of drug-likeness (QED) is 0.787. The van der Waals surface area contributed by atoms with E-state index in [2.05, 4.69) is 57.9 Å². The van der Waals surface area contributed by atoms with E-state index in [4.69, 9.17) is 11.5 Å². The first-order valence-corrected chi connectivity index (χ1v) is 9.47. The van der Waals surface area contributed by atoms with Gasteiger partial charge in [0.15, 0.2) is 0 Å². The van der Waals surface area contributed by atoms with E-state index in [1.165, 1.54) is 16.8 Å². The van der Waals surface area contributed by atoms with Gasteiger partial charge in [-0.15, -0.1) is 24.8 Å². The second-order valence-corrected chi connectivity index (χ2v) is 7.70. The van der Waals surface area contributed by atoms with Crippen molar-refractivity contribution < 1.29 is 0 Å². The van der Waals surface area contributed by atoms with E-state index >= 15 is 0 Å². The largest absolute Gasteiger partial charge is 0.368 e. The first-order chi connectivity index (χ1) is 12.5. The predicted molar refractivity (Wildman–Crippen MR) is 121 cm³/mol. The molecule has 1 aliphatic carbocycles. The van der Waals surface area contributed by atoms with Gasteiger partial charge in [-0.25, -0.2) is 4.98 Å². The molecule has 4 N–H and O–H groups in total. The summed E-state index contributed by atoms with van der Waals surface area (Å²) in [5, 5.41) is 0. The van der Waals surface area contributed by atoms with E-state index in [0.717, 1.165) is 50.5 Å². The van der Waals surface area contributed by atoms with Crippen LogP contribution in [0.2, 0.25) is 0 Å². The van der Waals surface area contributed by atoms with Crippen molar-refractivity contribution in [2.45, 2.75) is 38.6 Å². The summed E-state index contributed by atoms with van der Waals surface area (Å²) in [7, 11) is 0. The third kappa shape index (κ3) is 4.62. The Morgan fingerprint density at radius 1 is 0.929 bits per heavy atom. The summed E-state index contributed by atoms with van der Waals surface area (Å²) in [6, 6.07) is 9.10. The number of nitrogens with two attached hydrogens (primary N) is 2. The van der Waals surface area contributed by atoms with Crippen LogP contribution in [-0.4, -0.2) is 42.2 Å². The Labute approximate surface area is 179 Å². The fourth-order valence-corrected chi connectivity index (χ4v) is 4.08. The molecular formula is C20H30Cl2N6. The van der Waals surface area contributed by atoms with Crippen LogP contribution in [-0.2, 0) is 0 Å². The number of hydrogen-bond donors (Lipinski definition) is 2. The zero-order valence-electron chi connectivity index (χ0n) is 16.5. The number of rotatable bonds is 3. The molecule has 154 valence electrons. The molecule has 0 spiro atoms. The first kappa shape index (κ1) is 22.5. The van der Waals surface area contributed by atoms with Crippen molar-refractivity contribution in [1.29, 1.82) is 0 Å². The Morgan fingerprint density at radius 2 is 1.57 bits per heavy atom. The number of nitrogens with zero attached hydrogens (tertiary/aromatic N) is 4. The molecule has 0 radical (unpaired) electrons. The predicted octanol–water partition coefficient (Wildman–Crippen LogP) is 3.05. The van der Waals surface area contributed by atoms with Crippen LogP contribution in [0.4, 0.5) is 17.5 Å². The van der Waals surface area contributed by atoms with Crippen LogP contribution in [0.3, 0.4) is 0 Å². The first-order valence-electron chi connectivity index (χ1n) is 9.47. The molecule has 0 unspecified atom stereocenters. The van der Waals surface area contributed by atoms with E-state index in [9.17, 15) is 0 Å². The van der Waals surface area contributed by atoms with Crippen molar-refractivity contribution in [2.24, 2.45) is 5.73 Å². The fourth-order valence-electron chi connectivity index (χ4n) is 4.08. The summed E-state index contributed by atoms with van der Waals surface area (Å²) in [5.41, 5.74) is 16.9. The van der Waals surface area contributed by atoms with Gasteiger partial charge in [-0.3, -0.25) is 0 Å². The standard InChI is InChI=1S/C20H28N6.2ClH/c1-13-3-4-18(14(2)9-13)25-5-7-26(8-6-25)19-12-17(23-20(22)24-19)15-10-16(21)11-15;;/h3-4,9,12,15-16H,5-8,10-11,21H2,1-2H3,(H2,22,23,24);2*1H. The lowest BCUT2D eigenvalue weighted by molar-refractivity contribution is 0.345. The lowest BCUT2D eigenvalue weighted by atomic mass is 9.78. The number of piperazine rings is 1. The molecule has 1 aliphatic heterocycles. The van der Waals surface area contributed by atoms with Crippen molar-refractivity contribution in [3.05, 3.63) is 41.1 Å². The second kappa shape index (κ2) is 9.16. The Hall–Kier alpha value is -1.76. The monoisotopic (exact) mass is 424 g/mol. The maximum absolute atomic E-state index is 5.98. The van der Waals surface area contributed by atoms with Gasteiger partial charge in [0.25, 0.3) is 0 Å². The van der Waals surface area contributed by atoms with Gasteiger partial charge in [0, 0.05) is 49.9 Å². The van der Waals surface area contributed by atoms with Crippen LogP contribution in [0.1, 0.15) is 35.6 Å². The topological polar surface area (TPSA) is 84.3 Å². The highest BCUT2D eigenvalue weighted by Gasteiger charge is 2.30. The van der Waals surface area contributed by atoms with Crippen molar-refractivity contribution >= 4 is 42.3 Å². The van der Waals surface area contributed by atoms with Crippen LogP contribution < -0.4 is 21.3 Å². The minimum atomic E-state index is 0. The van der Waals surface area contributed by atoms with E-state index in [-0.39, 0.29) is 24.8 Å². The van der Waals surface area contributed by atoms with Crippen LogP contribution in [0.25, 0.3) is 0 Å². The number of aromatic nitrogens is 2. The van der Waals surface area contributed by atoms with E-state index in [1.54, 1.807) is 0 Å². The van der Waals surface area contributed by atoms with Gasteiger partial charge in [0.1, 0.15) is 5.82 Å². The van der Waals surface area contributed by atoms with Crippen LogP contribution in [0.5, 0.6) is 0 Å². The second-order valence-electron chi connectivity index (χ2n) is 7.70. The summed E-state index contributed by atoms with van der Waals surface area (Å²) in [6.07, 6.45) is 1.99. The smallest absolute Gasteiger partial charge is 0.222 e. The van der Waals surface area contributed by atoms with Crippen LogP contribution in [0.15, 0.2) is 24.3 Å². The molecule has 1 aromatic carbocycles. The molecular weight excluding hydrogens is 395 g/mol. The molecule has 8 heteroatoms. The summed E-state index contributed by atoms with van der Waals surface area (Å²) in [6.45, 7) is 8.17. The minimum absolute atomic E-state index is 0. The zero-order chi connectivity index (χ0) is 18.3. The van der Waals surface area contributed by atoms with Crippen molar-refractivity contribution in [1.82, 2.24) is 9.97 Å². The Kier molecular flexibility index (Phi) is 7.37. The molecule has 0 amide bonds. The molecule has 2 heterocycles. The zero-order valence-corrected chi connectivity index (χ0v) is 18.1. The number of halogens is 2. The van der Waals surface area contributed by atoms with Crippen LogP contribution >= 0.6 is 24.8 Å². The molecule has 6 nitrogen and oxygen atoms in total. The number of aryl methyl sites for hydroxylation is 2. The molecule has 1 saturated heterocycles. The molecule has 4 rings (SSSR count). The highest BCUT2D eigenvalue weighted by molar-refractivity contribution is 5.85. The van der Waals surface area contributed by atoms with Gasteiger partial charge < -0.3 is 21.3 Å². The summed E-state index contributed by atoms with van der Waals surface area (Å²) >= 11 is 0. The SMILES string of the molecule is Cc1ccc(N2CCN(c3cc(C4CC(N)C4)nc(N)n3)CC2)c(C)c1.Cl.Cl. The number of benzene rings is 1. The van der Waals surface area contributed by atoms with Crippen LogP contribution in [0, 0.1) is 13.8 Å². The third-order valence-electron chi connectivity index (χ3n) is 5.64. The number of nitrogen functional groups attached to an aromatic ring is 1. The van der Waals surface area contributed by atoms with Crippen molar-refractivity contribution in [3.63, 3.8) is 0 Å². The van der Waals surface area contributed by atoms with Gasteiger partial charge in [0.2, 0.25) is 5.95 Å².